The molecule has 1 rings (SSSR count). The van der Waals surface area contributed by atoms with E-state index in [1.165, 1.54) is 0 Å². The lowest BCUT2D eigenvalue weighted by atomic mass is 10.1. The van der Waals surface area contributed by atoms with Gasteiger partial charge in [0.25, 0.3) is 0 Å². The monoisotopic (exact) mass is 124 g/mol. The van der Waals surface area contributed by atoms with Crippen LogP contribution in [0.3, 0.4) is 0 Å². The molecule has 9 heavy (non-hydrogen) atoms. The molecule has 0 fully saturated rings. The molecule has 0 aliphatic heterocycles. The van der Waals surface area contributed by atoms with Crippen LogP contribution in [0.1, 0.15) is 19.3 Å². The van der Waals surface area contributed by atoms with E-state index in [1.807, 2.05) is 18.2 Å². The molecule has 1 aliphatic carbocycles. The first-order valence-electron chi connectivity index (χ1n) is 3.39. The first-order chi connectivity index (χ1) is 4.39. The highest BCUT2D eigenvalue weighted by atomic mass is 16.3. The van der Waals surface area contributed by atoms with Crippen molar-refractivity contribution in [2.75, 3.05) is 0 Å². The Balaban J connectivity index is 2.40. The molecule has 50 valence electrons. The normalized spacial score (nSPS) is 34.6. The zero-order chi connectivity index (χ0) is 6.53. The number of allylic oxidation sites excluding steroid dienone is 3. The lowest BCUT2D eigenvalue weighted by Gasteiger charge is -2.05. The van der Waals surface area contributed by atoms with E-state index in [0.717, 1.165) is 19.3 Å². The predicted octanol–water partition coefficient (Wildman–Crippen LogP) is 1.64. The van der Waals surface area contributed by atoms with Crippen LogP contribution in [-0.4, -0.2) is 11.2 Å². The van der Waals surface area contributed by atoms with E-state index >= 15 is 0 Å². The Morgan fingerprint density at radius 1 is 1.22 bits per heavy atom. The third-order valence-electron chi connectivity index (χ3n) is 1.46. The summed E-state index contributed by atoms with van der Waals surface area (Å²) in [4.78, 5) is 0. The van der Waals surface area contributed by atoms with Crippen LogP contribution in [0.15, 0.2) is 24.3 Å². The van der Waals surface area contributed by atoms with Gasteiger partial charge in [0.2, 0.25) is 0 Å². The van der Waals surface area contributed by atoms with Crippen molar-refractivity contribution < 1.29 is 5.11 Å². The van der Waals surface area contributed by atoms with Gasteiger partial charge in [-0.15, -0.1) is 0 Å². The SMILES string of the molecule is OC1C/C=C\C=C\CC1. The van der Waals surface area contributed by atoms with Gasteiger partial charge < -0.3 is 5.11 Å². The van der Waals surface area contributed by atoms with Crippen molar-refractivity contribution in [3.8, 4) is 0 Å². The first kappa shape index (κ1) is 6.56. The molecule has 0 amide bonds. The molecule has 1 N–H and O–H groups in total. The van der Waals surface area contributed by atoms with E-state index in [0.29, 0.717) is 0 Å². The van der Waals surface area contributed by atoms with Crippen LogP contribution in [0.4, 0.5) is 0 Å². The van der Waals surface area contributed by atoms with Gasteiger partial charge in [-0.2, -0.15) is 0 Å². The van der Waals surface area contributed by atoms with Crippen molar-refractivity contribution in [2.24, 2.45) is 0 Å². The standard InChI is InChI=1S/C8H12O/c9-8-6-4-2-1-3-5-7-8/h1-4,8-9H,5-7H2/b3-1+,4-2-. The summed E-state index contributed by atoms with van der Waals surface area (Å²) in [5.41, 5.74) is 0. The summed E-state index contributed by atoms with van der Waals surface area (Å²) < 4.78 is 0. The Labute approximate surface area is 55.7 Å². The summed E-state index contributed by atoms with van der Waals surface area (Å²) >= 11 is 0. The number of aliphatic hydroxyl groups is 1. The molecule has 0 saturated carbocycles. The number of rotatable bonds is 0. The van der Waals surface area contributed by atoms with Gasteiger partial charge in [-0.3, -0.25) is 0 Å². The third-order valence-corrected chi connectivity index (χ3v) is 1.46. The minimum atomic E-state index is -0.119. The zero-order valence-electron chi connectivity index (χ0n) is 5.46. The molecule has 0 aromatic carbocycles. The number of hydrogen-bond donors (Lipinski definition) is 1. The fourth-order valence-electron chi connectivity index (χ4n) is 0.895. The van der Waals surface area contributed by atoms with Crippen LogP contribution in [0.5, 0.6) is 0 Å². The fraction of sp³-hybridized carbons (Fsp3) is 0.500. The Kier molecular flexibility index (Phi) is 2.52. The van der Waals surface area contributed by atoms with Gasteiger partial charge in [-0.25, -0.2) is 0 Å². The highest BCUT2D eigenvalue weighted by Crippen LogP contribution is 2.05. The maximum absolute atomic E-state index is 9.13. The van der Waals surface area contributed by atoms with Gasteiger partial charge in [0.1, 0.15) is 0 Å². The van der Waals surface area contributed by atoms with Crippen LogP contribution in [0.2, 0.25) is 0 Å². The summed E-state index contributed by atoms with van der Waals surface area (Å²) in [6, 6.07) is 0. The molecular formula is C8H12O. The largest absolute Gasteiger partial charge is 0.393 e. The summed E-state index contributed by atoms with van der Waals surface area (Å²) in [7, 11) is 0. The molecule has 0 spiro atoms. The first-order valence-corrected chi connectivity index (χ1v) is 3.39. The van der Waals surface area contributed by atoms with Crippen LogP contribution in [0, 0.1) is 0 Å². The van der Waals surface area contributed by atoms with Gasteiger partial charge in [0, 0.05) is 0 Å². The summed E-state index contributed by atoms with van der Waals surface area (Å²) in [6.45, 7) is 0. The molecule has 0 heterocycles. The van der Waals surface area contributed by atoms with Crippen molar-refractivity contribution in [3.63, 3.8) is 0 Å². The van der Waals surface area contributed by atoms with E-state index in [-0.39, 0.29) is 6.10 Å². The van der Waals surface area contributed by atoms with E-state index < -0.39 is 0 Å². The lowest BCUT2D eigenvalue weighted by Crippen LogP contribution is -2.03. The van der Waals surface area contributed by atoms with Gasteiger partial charge in [-0.05, 0) is 19.3 Å². The maximum atomic E-state index is 9.13. The lowest BCUT2D eigenvalue weighted by molar-refractivity contribution is 0.168. The molecule has 1 aliphatic rings. The molecule has 0 saturated heterocycles. The van der Waals surface area contributed by atoms with Gasteiger partial charge in [-0.1, -0.05) is 24.3 Å². The number of hydrogen-bond acceptors (Lipinski definition) is 1. The Morgan fingerprint density at radius 2 is 2.00 bits per heavy atom. The molecule has 1 heteroatoms. The topological polar surface area (TPSA) is 20.2 Å². The third kappa shape index (κ3) is 2.47. The average molecular weight is 124 g/mol. The Bertz CT molecular complexity index is 125. The second-order valence-corrected chi connectivity index (χ2v) is 2.32. The van der Waals surface area contributed by atoms with E-state index in [4.69, 9.17) is 5.11 Å². The molecular weight excluding hydrogens is 112 g/mol. The minimum Gasteiger partial charge on any atom is -0.393 e. The summed E-state index contributed by atoms with van der Waals surface area (Å²) in [5.74, 6) is 0. The van der Waals surface area contributed by atoms with Crippen molar-refractivity contribution in [3.05, 3.63) is 24.3 Å². The van der Waals surface area contributed by atoms with Crippen LogP contribution < -0.4 is 0 Å². The maximum Gasteiger partial charge on any atom is 0.0577 e. The summed E-state index contributed by atoms with van der Waals surface area (Å²) in [5, 5.41) is 9.13. The average Bonchev–Trinajstić information content (AvgIpc) is 1.79. The van der Waals surface area contributed by atoms with Crippen molar-refractivity contribution in [1.29, 1.82) is 0 Å². The minimum absolute atomic E-state index is 0.119. The highest BCUT2D eigenvalue weighted by Gasteiger charge is 1.99. The molecule has 1 atom stereocenters. The Hall–Kier alpha value is -0.560. The van der Waals surface area contributed by atoms with Gasteiger partial charge >= 0.3 is 0 Å². The fourth-order valence-corrected chi connectivity index (χ4v) is 0.895. The molecule has 1 unspecified atom stereocenters. The van der Waals surface area contributed by atoms with E-state index in [1.54, 1.807) is 0 Å². The second-order valence-electron chi connectivity index (χ2n) is 2.32. The quantitative estimate of drug-likeness (QED) is 0.520. The smallest absolute Gasteiger partial charge is 0.0577 e. The van der Waals surface area contributed by atoms with Crippen molar-refractivity contribution in [1.82, 2.24) is 0 Å². The molecule has 0 bridgehead atoms. The van der Waals surface area contributed by atoms with E-state index in [2.05, 4.69) is 6.08 Å². The van der Waals surface area contributed by atoms with Crippen LogP contribution in [-0.2, 0) is 0 Å². The predicted molar refractivity (Wildman–Crippen MR) is 38.1 cm³/mol. The van der Waals surface area contributed by atoms with Crippen molar-refractivity contribution >= 4 is 0 Å². The Morgan fingerprint density at radius 3 is 2.89 bits per heavy atom. The van der Waals surface area contributed by atoms with Gasteiger partial charge in [0.15, 0.2) is 0 Å². The van der Waals surface area contributed by atoms with E-state index in [9.17, 15) is 0 Å². The molecule has 0 aromatic heterocycles. The van der Waals surface area contributed by atoms with Crippen LogP contribution >= 0.6 is 0 Å². The van der Waals surface area contributed by atoms with Crippen molar-refractivity contribution in [2.45, 2.75) is 25.4 Å². The molecule has 1 nitrogen and oxygen atoms in total. The second kappa shape index (κ2) is 3.46. The molecule has 0 radical (unpaired) electrons. The van der Waals surface area contributed by atoms with Crippen LogP contribution in [0.25, 0.3) is 0 Å². The molecule has 0 aromatic rings. The highest BCUT2D eigenvalue weighted by molar-refractivity contribution is 5.04. The van der Waals surface area contributed by atoms with Gasteiger partial charge in [0.05, 0.1) is 6.10 Å². The zero-order valence-corrected chi connectivity index (χ0v) is 5.46. The summed E-state index contributed by atoms with van der Waals surface area (Å²) in [6.07, 6.45) is 10.7. The number of aliphatic hydroxyl groups excluding tert-OH is 1.